The van der Waals surface area contributed by atoms with E-state index in [1.165, 1.54) is 18.4 Å². The van der Waals surface area contributed by atoms with Crippen molar-refractivity contribution in [1.29, 1.82) is 0 Å². The van der Waals surface area contributed by atoms with Crippen molar-refractivity contribution in [1.82, 2.24) is 5.32 Å². The van der Waals surface area contributed by atoms with Crippen LogP contribution in [0.5, 0.6) is 0 Å². The van der Waals surface area contributed by atoms with E-state index in [2.05, 4.69) is 25.2 Å². The summed E-state index contributed by atoms with van der Waals surface area (Å²) in [6.45, 7) is 4.47. The Morgan fingerprint density at radius 2 is 2.33 bits per heavy atom. The van der Waals surface area contributed by atoms with Gasteiger partial charge in [0.25, 0.3) is 0 Å². The molecule has 0 amide bonds. The van der Waals surface area contributed by atoms with Crippen molar-refractivity contribution in [3.05, 3.63) is 34.9 Å². The van der Waals surface area contributed by atoms with Crippen molar-refractivity contribution in [2.24, 2.45) is 5.92 Å². The Kier molecular flexibility index (Phi) is 3.32. The molecule has 2 heteroatoms. The first-order chi connectivity index (χ1) is 7.20. The summed E-state index contributed by atoms with van der Waals surface area (Å²) in [5.41, 5.74) is 1.28. The zero-order valence-electron chi connectivity index (χ0n) is 9.33. The molecular formula is C13H18ClN. The van der Waals surface area contributed by atoms with Gasteiger partial charge in [-0.25, -0.2) is 0 Å². The van der Waals surface area contributed by atoms with Crippen molar-refractivity contribution in [3.63, 3.8) is 0 Å². The van der Waals surface area contributed by atoms with Crippen LogP contribution in [0.4, 0.5) is 0 Å². The SMILES string of the molecule is CCC1CC1NC(C)c1cccc(Cl)c1. The number of hydrogen-bond donors (Lipinski definition) is 1. The fourth-order valence-electron chi connectivity index (χ4n) is 2.10. The second-order valence-electron chi connectivity index (χ2n) is 4.45. The topological polar surface area (TPSA) is 12.0 Å². The molecule has 15 heavy (non-hydrogen) atoms. The van der Waals surface area contributed by atoms with Gasteiger partial charge in [0.1, 0.15) is 0 Å². The van der Waals surface area contributed by atoms with Gasteiger partial charge < -0.3 is 5.32 Å². The minimum atomic E-state index is 0.408. The molecule has 3 atom stereocenters. The lowest BCUT2D eigenvalue weighted by molar-refractivity contribution is 0.539. The van der Waals surface area contributed by atoms with Gasteiger partial charge in [-0.2, -0.15) is 0 Å². The fraction of sp³-hybridized carbons (Fsp3) is 0.538. The Morgan fingerprint density at radius 1 is 1.53 bits per heavy atom. The lowest BCUT2D eigenvalue weighted by atomic mass is 10.1. The van der Waals surface area contributed by atoms with Crippen molar-refractivity contribution < 1.29 is 0 Å². The van der Waals surface area contributed by atoms with E-state index in [1.54, 1.807) is 0 Å². The predicted molar refractivity (Wildman–Crippen MR) is 65.2 cm³/mol. The maximum absolute atomic E-state index is 5.97. The van der Waals surface area contributed by atoms with Crippen molar-refractivity contribution >= 4 is 11.6 Å². The molecule has 0 heterocycles. The molecule has 1 aliphatic carbocycles. The minimum Gasteiger partial charge on any atom is -0.307 e. The normalized spacial score (nSPS) is 26.3. The van der Waals surface area contributed by atoms with Gasteiger partial charge in [0.2, 0.25) is 0 Å². The summed E-state index contributed by atoms with van der Waals surface area (Å²) in [5, 5.41) is 4.46. The van der Waals surface area contributed by atoms with Crippen molar-refractivity contribution in [2.75, 3.05) is 0 Å². The van der Waals surface area contributed by atoms with Crippen LogP contribution in [0.1, 0.15) is 38.3 Å². The van der Waals surface area contributed by atoms with Gasteiger partial charge in [-0.05, 0) is 37.0 Å². The highest BCUT2D eigenvalue weighted by Crippen LogP contribution is 2.35. The van der Waals surface area contributed by atoms with Crippen LogP contribution in [0.15, 0.2) is 24.3 Å². The first kappa shape index (κ1) is 11.0. The highest BCUT2D eigenvalue weighted by Gasteiger charge is 2.35. The summed E-state index contributed by atoms with van der Waals surface area (Å²) < 4.78 is 0. The summed E-state index contributed by atoms with van der Waals surface area (Å²) in [6, 6.07) is 9.24. The van der Waals surface area contributed by atoms with E-state index in [-0.39, 0.29) is 0 Å². The van der Waals surface area contributed by atoms with Crippen LogP contribution in [0.3, 0.4) is 0 Å². The first-order valence-electron chi connectivity index (χ1n) is 5.72. The van der Waals surface area contributed by atoms with Gasteiger partial charge in [0.05, 0.1) is 0 Å². The zero-order valence-corrected chi connectivity index (χ0v) is 10.1. The predicted octanol–water partition coefficient (Wildman–Crippen LogP) is 3.79. The Balaban J connectivity index is 1.93. The molecule has 1 saturated carbocycles. The molecule has 0 aliphatic heterocycles. The number of benzene rings is 1. The highest BCUT2D eigenvalue weighted by atomic mass is 35.5. The van der Waals surface area contributed by atoms with Gasteiger partial charge in [-0.15, -0.1) is 0 Å². The summed E-state index contributed by atoms with van der Waals surface area (Å²) >= 11 is 5.97. The van der Waals surface area contributed by atoms with Crippen LogP contribution >= 0.6 is 11.6 Å². The van der Waals surface area contributed by atoms with E-state index >= 15 is 0 Å². The van der Waals surface area contributed by atoms with Gasteiger partial charge in [0, 0.05) is 17.1 Å². The molecule has 3 unspecified atom stereocenters. The average Bonchev–Trinajstić information content (AvgIpc) is 2.96. The number of rotatable bonds is 4. The lowest BCUT2D eigenvalue weighted by Crippen LogP contribution is -2.22. The molecule has 1 nitrogen and oxygen atoms in total. The highest BCUT2D eigenvalue weighted by molar-refractivity contribution is 6.30. The van der Waals surface area contributed by atoms with Crippen LogP contribution in [0.2, 0.25) is 5.02 Å². The second-order valence-corrected chi connectivity index (χ2v) is 4.89. The van der Waals surface area contributed by atoms with Crippen LogP contribution in [-0.2, 0) is 0 Å². The fourth-order valence-corrected chi connectivity index (χ4v) is 2.29. The third kappa shape index (κ3) is 2.73. The molecule has 1 aliphatic rings. The molecule has 0 saturated heterocycles. The molecule has 0 aromatic heterocycles. The Bertz CT molecular complexity index is 337. The number of halogens is 1. The second kappa shape index (κ2) is 4.54. The van der Waals surface area contributed by atoms with Crippen LogP contribution in [-0.4, -0.2) is 6.04 Å². The molecule has 0 radical (unpaired) electrons. The average molecular weight is 224 g/mol. The molecule has 1 aromatic rings. The van der Waals surface area contributed by atoms with E-state index in [9.17, 15) is 0 Å². The molecule has 1 fully saturated rings. The van der Waals surface area contributed by atoms with E-state index in [1.807, 2.05) is 18.2 Å². The monoisotopic (exact) mass is 223 g/mol. The van der Waals surface area contributed by atoms with Gasteiger partial charge >= 0.3 is 0 Å². The third-order valence-electron chi connectivity index (χ3n) is 3.26. The maximum Gasteiger partial charge on any atom is 0.0409 e. The van der Waals surface area contributed by atoms with E-state index in [0.717, 1.165) is 17.0 Å². The molecular weight excluding hydrogens is 206 g/mol. The number of hydrogen-bond acceptors (Lipinski definition) is 1. The Labute approximate surface area is 96.8 Å². The summed E-state index contributed by atoms with van der Waals surface area (Å²) in [6.07, 6.45) is 2.63. The first-order valence-corrected chi connectivity index (χ1v) is 6.10. The van der Waals surface area contributed by atoms with Gasteiger partial charge in [0.15, 0.2) is 0 Å². The van der Waals surface area contributed by atoms with Crippen molar-refractivity contribution in [2.45, 2.75) is 38.8 Å². The molecule has 0 bridgehead atoms. The largest absolute Gasteiger partial charge is 0.307 e. The van der Waals surface area contributed by atoms with Crippen molar-refractivity contribution in [3.8, 4) is 0 Å². The lowest BCUT2D eigenvalue weighted by Gasteiger charge is -2.14. The summed E-state index contributed by atoms with van der Waals surface area (Å²) in [5.74, 6) is 0.895. The van der Waals surface area contributed by atoms with Crippen LogP contribution < -0.4 is 5.32 Å². The summed E-state index contributed by atoms with van der Waals surface area (Å²) in [7, 11) is 0. The molecule has 1 N–H and O–H groups in total. The standard InChI is InChI=1S/C13H18ClN/c1-3-10-8-13(10)15-9(2)11-5-4-6-12(14)7-11/h4-7,9-10,13,15H,3,8H2,1-2H3. The van der Waals surface area contributed by atoms with E-state index in [4.69, 9.17) is 11.6 Å². The van der Waals surface area contributed by atoms with E-state index < -0.39 is 0 Å². The molecule has 82 valence electrons. The maximum atomic E-state index is 5.97. The number of nitrogens with one attached hydrogen (secondary N) is 1. The molecule has 1 aromatic carbocycles. The quantitative estimate of drug-likeness (QED) is 0.819. The Morgan fingerprint density at radius 3 is 2.93 bits per heavy atom. The van der Waals surface area contributed by atoms with Gasteiger partial charge in [-0.1, -0.05) is 37.1 Å². The minimum absolute atomic E-state index is 0.408. The van der Waals surface area contributed by atoms with Crippen LogP contribution in [0, 0.1) is 5.92 Å². The van der Waals surface area contributed by atoms with E-state index in [0.29, 0.717) is 6.04 Å². The third-order valence-corrected chi connectivity index (χ3v) is 3.49. The zero-order chi connectivity index (χ0) is 10.8. The van der Waals surface area contributed by atoms with Crippen LogP contribution in [0.25, 0.3) is 0 Å². The van der Waals surface area contributed by atoms with Gasteiger partial charge in [-0.3, -0.25) is 0 Å². The summed E-state index contributed by atoms with van der Waals surface area (Å²) in [4.78, 5) is 0. The Hall–Kier alpha value is -0.530. The molecule has 0 spiro atoms. The smallest absolute Gasteiger partial charge is 0.0409 e. The molecule has 2 rings (SSSR count).